The van der Waals surface area contributed by atoms with E-state index < -0.39 is 12.1 Å². The Hall–Kier alpha value is -3.21. The number of unbranched alkanes of at least 4 members (excludes halogenated alkanes) is 35. The number of nitrogens with one attached hydrogen (secondary N) is 1. The lowest BCUT2D eigenvalue weighted by Gasteiger charge is -2.19. The molecule has 0 aliphatic carbocycles. The Labute approximate surface area is 479 Å². The Morgan fingerprint density at radius 3 is 0.909 bits per heavy atom. The molecular formula is C73H127NO3. The molecule has 0 aromatic carbocycles. The molecule has 442 valence electrons. The molecule has 4 nitrogen and oxygen atoms in total. The van der Waals surface area contributed by atoms with Crippen LogP contribution in [0, 0.1) is 0 Å². The van der Waals surface area contributed by atoms with Gasteiger partial charge >= 0.3 is 0 Å². The predicted octanol–water partition coefficient (Wildman–Crippen LogP) is 22.8. The van der Waals surface area contributed by atoms with E-state index in [2.05, 4.69) is 129 Å². The highest BCUT2D eigenvalue weighted by atomic mass is 16.3. The van der Waals surface area contributed by atoms with E-state index in [-0.39, 0.29) is 12.5 Å². The number of hydrogen-bond acceptors (Lipinski definition) is 3. The summed E-state index contributed by atoms with van der Waals surface area (Å²) in [5.74, 6) is -0.0803. The van der Waals surface area contributed by atoms with Gasteiger partial charge in [-0.05, 0) is 96.3 Å². The van der Waals surface area contributed by atoms with Crippen molar-refractivity contribution < 1.29 is 15.0 Å². The molecule has 0 saturated heterocycles. The molecule has 3 N–H and O–H groups in total. The zero-order valence-corrected chi connectivity index (χ0v) is 50.9. The molecule has 0 aliphatic heterocycles. The lowest BCUT2D eigenvalue weighted by molar-refractivity contribution is -0.123. The quantitative estimate of drug-likeness (QED) is 0.0420. The molecule has 1 amide bonds. The molecule has 0 rings (SSSR count). The number of aliphatic hydroxyl groups is 2. The van der Waals surface area contributed by atoms with E-state index in [4.69, 9.17) is 0 Å². The molecule has 0 radical (unpaired) electrons. The van der Waals surface area contributed by atoms with Gasteiger partial charge in [-0.2, -0.15) is 0 Å². The smallest absolute Gasteiger partial charge is 0.220 e. The summed E-state index contributed by atoms with van der Waals surface area (Å²) in [6.45, 7) is 4.20. The maximum absolute atomic E-state index is 12.5. The number of allylic oxidation sites excluding steroid dienone is 19. The summed E-state index contributed by atoms with van der Waals surface area (Å²) in [5, 5.41) is 23.2. The number of carbonyl (C=O) groups is 1. The molecule has 0 bridgehead atoms. The third-order valence-corrected chi connectivity index (χ3v) is 14.7. The van der Waals surface area contributed by atoms with Gasteiger partial charge in [0.1, 0.15) is 0 Å². The first-order valence-electron chi connectivity index (χ1n) is 33.2. The van der Waals surface area contributed by atoms with Gasteiger partial charge in [-0.15, -0.1) is 0 Å². The van der Waals surface area contributed by atoms with Crippen molar-refractivity contribution in [2.45, 2.75) is 328 Å². The zero-order chi connectivity index (χ0) is 55.5. The van der Waals surface area contributed by atoms with E-state index in [0.717, 1.165) is 89.9 Å². The van der Waals surface area contributed by atoms with Crippen LogP contribution in [0.15, 0.2) is 122 Å². The second-order valence-electron chi connectivity index (χ2n) is 22.1. The van der Waals surface area contributed by atoms with E-state index in [1.807, 2.05) is 6.08 Å². The van der Waals surface area contributed by atoms with Gasteiger partial charge in [-0.1, -0.05) is 334 Å². The molecule has 0 spiro atoms. The minimum atomic E-state index is -0.874. The summed E-state index contributed by atoms with van der Waals surface area (Å²) in [7, 11) is 0. The van der Waals surface area contributed by atoms with E-state index in [1.165, 1.54) is 205 Å². The average molecular weight is 1070 g/mol. The highest BCUT2D eigenvalue weighted by molar-refractivity contribution is 5.76. The molecule has 0 aromatic heterocycles. The second-order valence-corrected chi connectivity index (χ2v) is 22.1. The van der Waals surface area contributed by atoms with Crippen LogP contribution in [-0.2, 0) is 4.79 Å². The maximum Gasteiger partial charge on any atom is 0.220 e. The van der Waals surface area contributed by atoms with Gasteiger partial charge < -0.3 is 15.5 Å². The fourth-order valence-electron chi connectivity index (χ4n) is 9.68. The van der Waals surface area contributed by atoms with Crippen molar-refractivity contribution in [3.63, 3.8) is 0 Å². The monoisotopic (exact) mass is 1070 g/mol. The highest BCUT2D eigenvalue weighted by Crippen LogP contribution is 2.17. The first-order valence-corrected chi connectivity index (χ1v) is 33.2. The van der Waals surface area contributed by atoms with Gasteiger partial charge in [0, 0.05) is 6.42 Å². The van der Waals surface area contributed by atoms with Crippen molar-refractivity contribution in [2.24, 2.45) is 0 Å². The third-order valence-electron chi connectivity index (χ3n) is 14.7. The SMILES string of the molecule is CC/C=C\C/C=C\C/C=C\C/C=C\C/C=C\C/C=C\C/C=C\C/C=C\CCCCCCCCCCCCC(=O)NC(CO)C(O)/C=C/CC/C=C/CCCCCCCCCCCCCCCCCCCCCCCCCC. The third kappa shape index (κ3) is 63.5. The van der Waals surface area contributed by atoms with E-state index >= 15 is 0 Å². The van der Waals surface area contributed by atoms with Crippen molar-refractivity contribution in [3.05, 3.63) is 122 Å². The first-order chi connectivity index (χ1) is 38.2. The van der Waals surface area contributed by atoms with Crippen LogP contribution < -0.4 is 5.32 Å². The van der Waals surface area contributed by atoms with Crippen LogP contribution in [0.3, 0.4) is 0 Å². The van der Waals surface area contributed by atoms with Crippen molar-refractivity contribution in [1.82, 2.24) is 5.32 Å². The van der Waals surface area contributed by atoms with Gasteiger partial charge in [0.25, 0.3) is 0 Å². The molecule has 2 unspecified atom stereocenters. The fourth-order valence-corrected chi connectivity index (χ4v) is 9.68. The molecule has 0 saturated carbocycles. The topological polar surface area (TPSA) is 69.6 Å². The van der Waals surface area contributed by atoms with Crippen LogP contribution in [0.1, 0.15) is 316 Å². The molecule has 0 aromatic rings. The van der Waals surface area contributed by atoms with Crippen LogP contribution in [0.2, 0.25) is 0 Å². The largest absolute Gasteiger partial charge is 0.394 e. The molecule has 0 fully saturated rings. The number of aliphatic hydroxyl groups excluding tert-OH is 2. The van der Waals surface area contributed by atoms with E-state index in [0.29, 0.717) is 6.42 Å². The van der Waals surface area contributed by atoms with Crippen LogP contribution in [0.25, 0.3) is 0 Å². The molecule has 0 aliphatic rings. The number of rotatable bonds is 60. The second kappa shape index (κ2) is 67.1. The summed E-state index contributed by atoms with van der Waals surface area (Å²) >= 11 is 0. The van der Waals surface area contributed by atoms with Crippen molar-refractivity contribution in [3.8, 4) is 0 Å². The zero-order valence-electron chi connectivity index (χ0n) is 50.9. The lowest BCUT2D eigenvalue weighted by Crippen LogP contribution is -2.45. The minimum absolute atomic E-state index is 0.0803. The molecule has 0 heterocycles. The van der Waals surface area contributed by atoms with Gasteiger partial charge in [-0.25, -0.2) is 0 Å². The van der Waals surface area contributed by atoms with Gasteiger partial charge in [0.15, 0.2) is 0 Å². The standard InChI is InChI=1S/C73H127NO3/c1-3-5-7-9-11-13-15-17-19-21-23-25-27-29-31-33-35-36-37-38-39-41-43-45-47-49-51-53-55-57-59-61-63-65-67-69-73(77)74-71(70-75)72(76)68-66-64-62-60-58-56-54-52-50-48-46-44-42-40-34-32-30-28-26-24-22-20-18-16-14-12-10-8-6-4-2/h5,7,11,13,17,19,23,25,29,31,35-36,38-39,43,45,58,60,66,68,71-72,75-76H,3-4,6,8-10,12,14-16,18,20-22,24,26-28,30,32-34,37,40-42,44,46-57,59,61-65,67,69-70H2,1-2H3,(H,74,77)/b7-5-,13-11-,19-17-,25-23-,31-29-,36-35-,39-38-,45-43-,60-58+,68-66+. The molecule has 2 atom stereocenters. The minimum Gasteiger partial charge on any atom is -0.394 e. The van der Waals surface area contributed by atoms with Crippen LogP contribution in [-0.4, -0.2) is 34.9 Å². The predicted molar refractivity (Wildman–Crippen MR) is 345 cm³/mol. The molecular weight excluding hydrogens is 939 g/mol. The number of amides is 1. The normalized spacial score (nSPS) is 13.6. The van der Waals surface area contributed by atoms with Gasteiger partial charge in [0.05, 0.1) is 18.8 Å². The Balaban J connectivity index is 3.57. The Morgan fingerprint density at radius 2 is 0.584 bits per heavy atom. The Morgan fingerprint density at radius 1 is 0.325 bits per heavy atom. The summed E-state index contributed by atoms with van der Waals surface area (Å²) in [6, 6.07) is -0.652. The highest BCUT2D eigenvalue weighted by Gasteiger charge is 2.18. The number of hydrogen-bond donors (Lipinski definition) is 3. The van der Waals surface area contributed by atoms with Crippen molar-refractivity contribution >= 4 is 5.91 Å². The summed E-state index contributed by atoms with van der Waals surface area (Å²) in [5.41, 5.74) is 0. The summed E-state index contributed by atoms with van der Waals surface area (Å²) in [6.07, 6.45) is 103. The van der Waals surface area contributed by atoms with Gasteiger partial charge in [0.2, 0.25) is 5.91 Å². The van der Waals surface area contributed by atoms with Crippen LogP contribution >= 0.6 is 0 Å². The van der Waals surface area contributed by atoms with E-state index in [1.54, 1.807) is 6.08 Å². The fraction of sp³-hybridized carbons (Fsp3) is 0.712. The number of carbonyl (C=O) groups excluding carboxylic acids is 1. The Bertz CT molecular complexity index is 1490. The van der Waals surface area contributed by atoms with Gasteiger partial charge in [-0.3, -0.25) is 4.79 Å². The summed E-state index contributed by atoms with van der Waals surface area (Å²) < 4.78 is 0. The summed E-state index contributed by atoms with van der Waals surface area (Å²) in [4.78, 5) is 12.5. The maximum atomic E-state index is 12.5. The Kier molecular flexibility index (Phi) is 64.3. The van der Waals surface area contributed by atoms with Crippen molar-refractivity contribution in [2.75, 3.05) is 6.61 Å². The van der Waals surface area contributed by atoms with E-state index in [9.17, 15) is 15.0 Å². The van der Waals surface area contributed by atoms with Crippen LogP contribution in [0.4, 0.5) is 0 Å². The lowest BCUT2D eigenvalue weighted by atomic mass is 10.0. The van der Waals surface area contributed by atoms with Crippen molar-refractivity contribution in [1.29, 1.82) is 0 Å². The average Bonchev–Trinajstić information content (AvgIpc) is 3.43. The first kappa shape index (κ1) is 73.8. The molecule has 4 heteroatoms. The van der Waals surface area contributed by atoms with Crippen LogP contribution in [0.5, 0.6) is 0 Å². The molecule has 77 heavy (non-hydrogen) atoms.